The number of fused-ring (bicyclic) bond motifs is 1. The number of carbonyl (C=O) groups is 3. The molecule has 1 unspecified atom stereocenters. The molecule has 0 radical (unpaired) electrons. The van der Waals surface area contributed by atoms with Crippen LogP contribution in [0.5, 0.6) is 0 Å². The third-order valence-corrected chi connectivity index (χ3v) is 4.37. The summed E-state index contributed by atoms with van der Waals surface area (Å²) in [6.07, 6.45) is -1.06. The fourth-order valence-electron chi connectivity index (χ4n) is 2.26. The molecule has 3 rings (SSSR count). The van der Waals surface area contributed by atoms with Crippen molar-refractivity contribution in [2.24, 2.45) is 5.73 Å². The minimum Gasteiger partial charge on any atom is -0.451 e. The average molecular weight is 373 g/mol. The van der Waals surface area contributed by atoms with Gasteiger partial charge in [0.05, 0.1) is 11.1 Å². The molecule has 0 aliphatic heterocycles. The Hall–Kier alpha value is -3.27. The van der Waals surface area contributed by atoms with Crippen LogP contribution in [0.2, 0.25) is 0 Å². The lowest BCUT2D eigenvalue weighted by molar-refractivity contribution is -0.153. The van der Waals surface area contributed by atoms with Gasteiger partial charge in [0.2, 0.25) is 0 Å². The van der Waals surface area contributed by atoms with Crippen molar-refractivity contribution in [2.75, 3.05) is 5.32 Å². The van der Waals surface area contributed by atoms with Crippen LogP contribution in [0.1, 0.15) is 17.3 Å². The largest absolute Gasteiger partial charge is 0.451 e. The van der Waals surface area contributed by atoms with Crippen molar-refractivity contribution in [1.29, 1.82) is 0 Å². The van der Waals surface area contributed by atoms with Gasteiger partial charge in [-0.15, -0.1) is 16.4 Å². The number of aromatic nitrogens is 3. The van der Waals surface area contributed by atoms with Gasteiger partial charge in [-0.3, -0.25) is 14.4 Å². The molecule has 26 heavy (non-hydrogen) atoms. The summed E-state index contributed by atoms with van der Waals surface area (Å²) in [5, 5.41) is 12.3. The molecule has 9 nitrogen and oxygen atoms in total. The van der Waals surface area contributed by atoms with E-state index >= 15 is 0 Å². The second kappa shape index (κ2) is 7.31. The standard InChI is InChI=1S/C16H15N5O4S/c1-9(15(24)18-16-10(14(17)23)6-7-26-16)25-13(22)8-21-12-5-3-2-4-11(12)19-20-21/h2-7,9H,8H2,1H3,(H2,17,23)(H,18,24). The van der Waals surface area contributed by atoms with Gasteiger partial charge in [-0.25, -0.2) is 4.68 Å². The van der Waals surface area contributed by atoms with Crippen molar-refractivity contribution in [2.45, 2.75) is 19.6 Å². The predicted molar refractivity (Wildman–Crippen MR) is 94.5 cm³/mol. The number of hydrogen-bond donors (Lipinski definition) is 2. The van der Waals surface area contributed by atoms with Gasteiger partial charge in [-0.2, -0.15) is 0 Å². The molecule has 1 aromatic carbocycles. The number of amides is 2. The zero-order valence-electron chi connectivity index (χ0n) is 13.7. The lowest BCUT2D eigenvalue weighted by Gasteiger charge is -2.13. The zero-order valence-corrected chi connectivity index (χ0v) is 14.5. The lowest BCUT2D eigenvalue weighted by atomic mass is 10.3. The normalized spacial score (nSPS) is 11.9. The third kappa shape index (κ3) is 3.70. The number of primary amides is 1. The number of nitrogens with one attached hydrogen (secondary N) is 1. The first-order chi connectivity index (χ1) is 12.5. The highest BCUT2D eigenvalue weighted by Gasteiger charge is 2.21. The molecule has 0 fully saturated rings. The maximum Gasteiger partial charge on any atom is 0.328 e. The van der Waals surface area contributed by atoms with E-state index in [0.29, 0.717) is 16.0 Å². The molecule has 0 saturated heterocycles. The first-order valence-corrected chi connectivity index (χ1v) is 8.49. The van der Waals surface area contributed by atoms with Crippen molar-refractivity contribution < 1.29 is 19.1 Å². The number of nitrogens with zero attached hydrogens (tertiary/aromatic N) is 3. The van der Waals surface area contributed by atoms with E-state index < -0.39 is 23.9 Å². The topological polar surface area (TPSA) is 129 Å². The Kier molecular flexibility index (Phi) is 4.94. The molecule has 10 heteroatoms. The highest BCUT2D eigenvalue weighted by Crippen LogP contribution is 2.23. The maximum atomic E-state index is 12.2. The van der Waals surface area contributed by atoms with E-state index in [1.54, 1.807) is 23.6 Å². The van der Waals surface area contributed by atoms with E-state index in [4.69, 9.17) is 10.5 Å². The van der Waals surface area contributed by atoms with Crippen LogP contribution in [0.4, 0.5) is 5.00 Å². The van der Waals surface area contributed by atoms with Gasteiger partial charge in [0, 0.05) is 0 Å². The Morgan fingerprint density at radius 2 is 2.08 bits per heavy atom. The van der Waals surface area contributed by atoms with Crippen molar-refractivity contribution in [3.8, 4) is 0 Å². The minimum atomic E-state index is -1.06. The Bertz CT molecular complexity index is 980. The smallest absolute Gasteiger partial charge is 0.328 e. The number of thiophene rings is 1. The number of para-hydroxylation sites is 1. The van der Waals surface area contributed by atoms with Crippen LogP contribution < -0.4 is 11.1 Å². The molecule has 3 aromatic rings. The highest BCUT2D eigenvalue weighted by atomic mass is 32.1. The first kappa shape index (κ1) is 17.5. The fraction of sp³-hybridized carbons (Fsp3) is 0.188. The molecule has 2 amide bonds. The molecule has 1 atom stereocenters. The molecule has 0 aliphatic carbocycles. The minimum absolute atomic E-state index is 0.177. The fourth-order valence-corrected chi connectivity index (χ4v) is 3.05. The molecule has 0 spiro atoms. The Balaban J connectivity index is 1.61. The summed E-state index contributed by atoms with van der Waals surface area (Å²) in [4.78, 5) is 35.5. The van der Waals surface area contributed by atoms with Crippen LogP contribution in [-0.2, 0) is 20.9 Å². The number of anilines is 1. The van der Waals surface area contributed by atoms with Gasteiger partial charge >= 0.3 is 5.97 Å². The molecule has 3 N–H and O–H groups in total. The molecule has 0 aliphatic rings. The van der Waals surface area contributed by atoms with Gasteiger partial charge in [0.1, 0.15) is 17.1 Å². The lowest BCUT2D eigenvalue weighted by Crippen LogP contribution is -2.31. The van der Waals surface area contributed by atoms with Crippen LogP contribution in [0.15, 0.2) is 35.7 Å². The predicted octanol–water partition coefficient (Wildman–Crippen LogP) is 1.16. The van der Waals surface area contributed by atoms with E-state index in [-0.39, 0.29) is 12.1 Å². The van der Waals surface area contributed by atoms with E-state index in [0.717, 1.165) is 11.3 Å². The highest BCUT2D eigenvalue weighted by molar-refractivity contribution is 7.14. The first-order valence-electron chi connectivity index (χ1n) is 7.61. The Labute approximate surface area is 151 Å². The van der Waals surface area contributed by atoms with Crippen LogP contribution >= 0.6 is 11.3 Å². The average Bonchev–Trinajstić information content (AvgIpc) is 3.22. The van der Waals surface area contributed by atoms with Crippen LogP contribution in [0.3, 0.4) is 0 Å². The molecular formula is C16H15N5O4S. The number of carbonyl (C=O) groups excluding carboxylic acids is 3. The Morgan fingerprint density at radius 1 is 1.31 bits per heavy atom. The summed E-state index contributed by atoms with van der Waals surface area (Å²) in [6, 6.07) is 8.69. The molecular weight excluding hydrogens is 358 g/mol. The summed E-state index contributed by atoms with van der Waals surface area (Å²) in [6.45, 7) is 1.26. The maximum absolute atomic E-state index is 12.2. The van der Waals surface area contributed by atoms with Gasteiger partial charge in [-0.05, 0) is 30.5 Å². The number of nitrogens with two attached hydrogens (primary N) is 1. The zero-order chi connectivity index (χ0) is 18.7. The summed E-state index contributed by atoms with van der Waals surface area (Å²) < 4.78 is 6.53. The monoisotopic (exact) mass is 373 g/mol. The van der Waals surface area contributed by atoms with Gasteiger partial charge < -0.3 is 15.8 Å². The van der Waals surface area contributed by atoms with Crippen LogP contribution in [-0.4, -0.2) is 38.9 Å². The van der Waals surface area contributed by atoms with E-state index in [2.05, 4.69) is 15.6 Å². The second-order valence-electron chi connectivity index (χ2n) is 5.38. The van der Waals surface area contributed by atoms with E-state index in [1.165, 1.54) is 17.7 Å². The quantitative estimate of drug-likeness (QED) is 0.624. The van der Waals surface area contributed by atoms with Gasteiger partial charge in [0.15, 0.2) is 6.10 Å². The van der Waals surface area contributed by atoms with E-state index in [9.17, 15) is 14.4 Å². The third-order valence-electron chi connectivity index (χ3n) is 3.54. The summed E-state index contributed by atoms with van der Waals surface area (Å²) in [5.41, 5.74) is 6.77. The van der Waals surface area contributed by atoms with E-state index in [1.807, 2.05) is 6.07 Å². The van der Waals surface area contributed by atoms with Crippen molar-refractivity contribution in [3.05, 3.63) is 41.3 Å². The molecule has 2 heterocycles. The number of benzene rings is 1. The molecule has 0 saturated carbocycles. The van der Waals surface area contributed by atoms with Gasteiger partial charge in [-0.1, -0.05) is 17.3 Å². The van der Waals surface area contributed by atoms with Gasteiger partial charge in [0.25, 0.3) is 11.8 Å². The number of esters is 1. The van der Waals surface area contributed by atoms with Crippen LogP contribution in [0, 0.1) is 0 Å². The number of rotatable bonds is 6. The molecule has 134 valence electrons. The summed E-state index contributed by atoms with van der Waals surface area (Å²) in [7, 11) is 0. The van der Waals surface area contributed by atoms with Crippen molar-refractivity contribution in [3.63, 3.8) is 0 Å². The molecule has 0 bridgehead atoms. The number of hydrogen-bond acceptors (Lipinski definition) is 7. The molecule has 2 aromatic heterocycles. The summed E-state index contributed by atoms with van der Waals surface area (Å²) >= 11 is 1.15. The SMILES string of the molecule is CC(OC(=O)Cn1nnc2ccccc21)C(=O)Nc1sccc1C(N)=O. The van der Waals surface area contributed by atoms with Crippen molar-refractivity contribution >= 4 is 45.2 Å². The second-order valence-corrected chi connectivity index (χ2v) is 6.30. The number of ether oxygens (including phenoxy) is 1. The van der Waals surface area contributed by atoms with Crippen LogP contribution in [0.25, 0.3) is 11.0 Å². The Morgan fingerprint density at radius 3 is 2.85 bits per heavy atom. The van der Waals surface area contributed by atoms with Crippen molar-refractivity contribution in [1.82, 2.24) is 15.0 Å². The summed E-state index contributed by atoms with van der Waals surface area (Å²) in [5.74, 6) is -1.85.